The monoisotopic (exact) mass is 454 g/mol. The fraction of sp³-hybridized carbons (Fsp3) is 0.400. The van der Waals surface area contributed by atoms with Crippen LogP contribution < -0.4 is 10.4 Å². The van der Waals surface area contributed by atoms with Crippen LogP contribution in [-0.4, -0.2) is 25.0 Å². The van der Waals surface area contributed by atoms with Gasteiger partial charge in [0.05, 0.1) is 13.0 Å². The van der Waals surface area contributed by atoms with Crippen molar-refractivity contribution >= 4 is 34.2 Å². The van der Waals surface area contributed by atoms with Crippen LogP contribution in [0.3, 0.4) is 0 Å². The summed E-state index contributed by atoms with van der Waals surface area (Å²) in [6, 6.07) is 7.99. The quantitative estimate of drug-likeness (QED) is 0.543. The molecule has 1 heterocycles. The van der Waals surface area contributed by atoms with E-state index in [9.17, 15) is 19.5 Å². The van der Waals surface area contributed by atoms with Crippen molar-refractivity contribution in [2.75, 3.05) is 12.4 Å². The summed E-state index contributed by atoms with van der Waals surface area (Å²) in [5.74, 6) is -3.90. The van der Waals surface area contributed by atoms with Crippen molar-refractivity contribution < 1.29 is 24.2 Å². The lowest BCUT2D eigenvalue weighted by molar-refractivity contribution is -0.313. The second-order valence-corrected chi connectivity index (χ2v) is 10.2. The smallest absolute Gasteiger partial charge is 0.341 e. The number of hydrogen-bond donors (Lipinski definition) is 1. The molecule has 1 amide bonds. The summed E-state index contributed by atoms with van der Waals surface area (Å²) < 4.78 is 5.02. The molecular weight excluding hydrogens is 426 g/mol. The van der Waals surface area contributed by atoms with E-state index in [0.29, 0.717) is 17.0 Å². The maximum atomic E-state index is 13.0. The number of rotatable bonds is 5. The summed E-state index contributed by atoms with van der Waals surface area (Å²) in [5.41, 5.74) is 3.00. The van der Waals surface area contributed by atoms with Gasteiger partial charge in [-0.15, -0.1) is 11.3 Å². The highest BCUT2D eigenvalue weighted by Gasteiger charge is 2.32. The minimum atomic E-state index is -1.25. The molecule has 0 bridgehead atoms. The average Bonchev–Trinajstić information content (AvgIpc) is 3.08. The Morgan fingerprint density at radius 3 is 2.19 bits per heavy atom. The van der Waals surface area contributed by atoms with Crippen LogP contribution in [0.2, 0.25) is 0 Å². The van der Waals surface area contributed by atoms with Crippen molar-refractivity contribution in [3.8, 4) is 11.1 Å². The molecule has 0 spiro atoms. The number of nitrogens with one attached hydrogen (secondary N) is 1. The van der Waals surface area contributed by atoms with Crippen LogP contribution in [0.1, 0.15) is 54.4 Å². The maximum Gasteiger partial charge on any atom is 0.341 e. The number of ether oxygens (including phenoxy) is 1. The normalized spacial score (nSPS) is 18.3. The molecule has 0 saturated carbocycles. The molecule has 2 aromatic rings. The molecule has 1 aromatic carbocycles. The minimum Gasteiger partial charge on any atom is -0.550 e. The summed E-state index contributed by atoms with van der Waals surface area (Å²) in [6.45, 7) is 8.27. The van der Waals surface area contributed by atoms with Gasteiger partial charge >= 0.3 is 5.97 Å². The summed E-state index contributed by atoms with van der Waals surface area (Å²) in [4.78, 5) is 38.0. The molecule has 170 valence electrons. The molecule has 0 aliphatic heterocycles. The fourth-order valence-electron chi connectivity index (χ4n) is 3.98. The van der Waals surface area contributed by atoms with Crippen LogP contribution in [0.4, 0.5) is 5.00 Å². The number of amides is 1. The van der Waals surface area contributed by atoms with Crippen molar-refractivity contribution in [3.05, 3.63) is 52.4 Å². The first-order chi connectivity index (χ1) is 15.0. The predicted octanol–water partition coefficient (Wildman–Crippen LogP) is 4.08. The average molecular weight is 455 g/mol. The van der Waals surface area contributed by atoms with Gasteiger partial charge in [0.25, 0.3) is 0 Å². The number of thiophene rings is 1. The number of esters is 1. The van der Waals surface area contributed by atoms with Gasteiger partial charge < -0.3 is 20.0 Å². The molecule has 7 heteroatoms. The van der Waals surface area contributed by atoms with Crippen LogP contribution in [0.5, 0.6) is 0 Å². The van der Waals surface area contributed by atoms with Crippen LogP contribution in [0, 0.1) is 18.8 Å². The highest BCUT2D eigenvalue weighted by atomic mass is 32.1. The first-order valence-corrected chi connectivity index (χ1v) is 11.4. The topological polar surface area (TPSA) is 95.5 Å². The summed E-state index contributed by atoms with van der Waals surface area (Å²) in [7, 11) is 1.30. The van der Waals surface area contributed by atoms with Crippen molar-refractivity contribution in [2.45, 2.75) is 46.0 Å². The molecule has 1 aromatic heterocycles. The number of carboxylic acid groups (broad SMARTS) is 1. The van der Waals surface area contributed by atoms with E-state index >= 15 is 0 Å². The largest absolute Gasteiger partial charge is 0.550 e. The minimum absolute atomic E-state index is 0.00346. The second-order valence-electron chi connectivity index (χ2n) is 9.02. The molecular formula is C25H28NO5S-. The van der Waals surface area contributed by atoms with Crippen LogP contribution in [0.25, 0.3) is 11.1 Å². The molecule has 1 N–H and O–H groups in total. The first-order valence-electron chi connectivity index (χ1n) is 10.5. The Morgan fingerprint density at radius 2 is 1.66 bits per heavy atom. The van der Waals surface area contributed by atoms with Crippen molar-refractivity contribution in [2.24, 2.45) is 11.8 Å². The molecule has 1 aliphatic rings. The van der Waals surface area contributed by atoms with Gasteiger partial charge in [-0.1, -0.05) is 57.2 Å². The van der Waals surface area contributed by atoms with Gasteiger partial charge in [-0.25, -0.2) is 4.79 Å². The highest BCUT2D eigenvalue weighted by Crippen LogP contribution is 2.41. The Labute approximate surface area is 192 Å². The third-order valence-electron chi connectivity index (χ3n) is 5.82. The number of anilines is 1. The highest BCUT2D eigenvalue weighted by molar-refractivity contribution is 7.17. The Bertz CT molecular complexity index is 1060. The second kappa shape index (κ2) is 9.28. The Morgan fingerprint density at radius 1 is 1.06 bits per heavy atom. The van der Waals surface area contributed by atoms with E-state index < -0.39 is 29.7 Å². The van der Waals surface area contributed by atoms with Crippen LogP contribution in [0.15, 0.2) is 36.4 Å². The molecule has 0 unspecified atom stereocenters. The zero-order chi connectivity index (χ0) is 23.6. The fourth-order valence-corrected chi connectivity index (χ4v) is 5.05. The maximum absolute atomic E-state index is 13.0. The number of benzene rings is 1. The van der Waals surface area contributed by atoms with E-state index in [2.05, 4.69) is 26.1 Å². The molecule has 0 fully saturated rings. The Hall–Kier alpha value is -2.93. The number of methoxy groups -OCH3 is 1. The third kappa shape index (κ3) is 4.78. The molecule has 0 radical (unpaired) electrons. The zero-order valence-corrected chi connectivity index (χ0v) is 19.8. The van der Waals surface area contributed by atoms with Gasteiger partial charge in [0.2, 0.25) is 5.91 Å². The number of carbonyl (C=O) groups excluding carboxylic acids is 3. The first kappa shape index (κ1) is 23.7. The van der Waals surface area contributed by atoms with E-state index in [-0.39, 0.29) is 17.4 Å². The number of aliphatic carboxylic acids is 1. The van der Waals surface area contributed by atoms with Gasteiger partial charge in [0.15, 0.2) is 0 Å². The van der Waals surface area contributed by atoms with Gasteiger partial charge in [0, 0.05) is 22.3 Å². The summed E-state index contributed by atoms with van der Waals surface area (Å²) >= 11 is 1.28. The van der Waals surface area contributed by atoms with Gasteiger partial charge in [-0.3, -0.25) is 4.79 Å². The lowest BCUT2D eigenvalue weighted by atomic mass is 9.82. The van der Waals surface area contributed by atoms with E-state index in [1.54, 1.807) is 12.2 Å². The molecule has 3 rings (SSSR count). The molecule has 32 heavy (non-hydrogen) atoms. The SMILES string of the molecule is COC(=O)c1c(NC(=O)[C@@H]2CC=CC[C@@H]2C(=O)[O-])sc(C)c1-c1ccc(C(C)(C)C)cc1. The van der Waals surface area contributed by atoms with Gasteiger partial charge in [-0.05, 0) is 36.3 Å². The van der Waals surface area contributed by atoms with E-state index in [0.717, 1.165) is 10.4 Å². The number of allylic oxidation sites excluding steroid dienone is 2. The third-order valence-corrected chi connectivity index (χ3v) is 6.84. The lowest BCUT2D eigenvalue weighted by Crippen LogP contribution is -2.41. The van der Waals surface area contributed by atoms with Gasteiger partial charge in [-0.2, -0.15) is 0 Å². The van der Waals surface area contributed by atoms with Crippen LogP contribution >= 0.6 is 11.3 Å². The number of carboxylic acids is 1. The molecule has 6 nitrogen and oxygen atoms in total. The lowest BCUT2D eigenvalue weighted by Gasteiger charge is -2.28. The molecule has 1 aliphatic carbocycles. The van der Waals surface area contributed by atoms with Gasteiger partial charge in [0.1, 0.15) is 10.6 Å². The summed E-state index contributed by atoms with van der Waals surface area (Å²) in [6.07, 6.45) is 4.11. The van der Waals surface area contributed by atoms with E-state index in [1.807, 2.05) is 31.2 Å². The van der Waals surface area contributed by atoms with E-state index in [1.165, 1.54) is 24.0 Å². The van der Waals surface area contributed by atoms with Crippen molar-refractivity contribution in [3.63, 3.8) is 0 Å². The standard InChI is InChI=1S/C25H29NO5S/c1-14-19(15-10-12-16(13-11-15)25(2,3)4)20(24(30)31-5)22(32-14)26-21(27)17-8-6-7-9-18(17)23(28)29/h6-7,10-13,17-18H,8-9H2,1-5H3,(H,26,27)(H,28,29)/p-1/t17-,18+/m1/s1. The van der Waals surface area contributed by atoms with Crippen LogP contribution in [-0.2, 0) is 19.7 Å². The summed E-state index contributed by atoms with van der Waals surface area (Å²) in [5, 5.41) is 14.7. The predicted molar refractivity (Wildman–Crippen MR) is 124 cm³/mol. The number of hydrogen-bond acceptors (Lipinski definition) is 6. The van der Waals surface area contributed by atoms with Crippen molar-refractivity contribution in [1.82, 2.24) is 0 Å². The van der Waals surface area contributed by atoms with Crippen molar-refractivity contribution in [1.29, 1.82) is 0 Å². The molecule has 0 saturated heterocycles. The molecule has 2 atom stereocenters. The Balaban J connectivity index is 1.99. The Kier molecular flexibility index (Phi) is 6.88. The van der Waals surface area contributed by atoms with E-state index in [4.69, 9.17) is 4.74 Å². The number of carbonyl (C=O) groups is 3. The zero-order valence-electron chi connectivity index (χ0n) is 19.0. The number of aryl methyl sites for hydroxylation is 1.